The number of amidine groups is 1. The fourth-order valence-corrected chi connectivity index (χ4v) is 1.32. The maximum absolute atomic E-state index is 7.28. The lowest BCUT2D eigenvalue weighted by atomic mass is 10.0. The number of hydrogen-bond acceptors (Lipinski definition) is 2. The molecule has 1 aromatic rings. The van der Waals surface area contributed by atoms with Crippen LogP contribution in [0.2, 0.25) is 0 Å². The van der Waals surface area contributed by atoms with Crippen molar-refractivity contribution in [2.24, 2.45) is 11.5 Å². The second-order valence-electron chi connectivity index (χ2n) is 2.95. The summed E-state index contributed by atoms with van der Waals surface area (Å²) >= 11 is 0. The summed E-state index contributed by atoms with van der Waals surface area (Å²) in [6.45, 7) is 2.61. The van der Waals surface area contributed by atoms with Crippen molar-refractivity contribution in [3.8, 4) is 0 Å². The second kappa shape index (κ2) is 4.05. The van der Waals surface area contributed by atoms with Crippen LogP contribution in [0.3, 0.4) is 0 Å². The minimum atomic E-state index is 0.110. The summed E-state index contributed by atoms with van der Waals surface area (Å²) in [7, 11) is 0. The average molecular weight is 177 g/mol. The molecule has 3 nitrogen and oxygen atoms in total. The summed E-state index contributed by atoms with van der Waals surface area (Å²) in [5.41, 5.74) is 14.0. The Bertz CT molecular complexity index is 318. The summed E-state index contributed by atoms with van der Waals surface area (Å²) in [6, 6.07) is 5.71. The molecule has 0 aromatic heterocycles. The summed E-state index contributed by atoms with van der Waals surface area (Å²) in [6.07, 6.45) is 0.924. The Kier molecular flexibility index (Phi) is 3.03. The van der Waals surface area contributed by atoms with Crippen LogP contribution in [-0.2, 0) is 13.0 Å². The molecule has 1 rings (SSSR count). The maximum Gasteiger partial charge on any atom is 0.122 e. The first-order valence-corrected chi connectivity index (χ1v) is 4.35. The van der Waals surface area contributed by atoms with E-state index >= 15 is 0 Å². The molecule has 0 saturated heterocycles. The molecule has 5 N–H and O–H groups in total. The van der Waals surface area contributed by atoms with Gasteiger partial charge in [0, 0.05) is 12.1 Å². The van der Waals surface area contributed by atoms with Gasteiger partial charge < -0.3 is 11.5 Å². The maximum atomic E-state index is 7.28. The van der Waals surface area contributed by atoms with Gasteiger partial charge in [0.15, 0.2) is 0 Å². The van der Waals surface area contributed by atoms with Gasteiger partial charge in [-0.2, -0.15) is 0 Å². The molecule has 13 heavy (non-hydrogen) atoms. The van der Waals surface area contributed by atoms with Gasteiger partial charge in [0.2, 0.25) is 0 Å². The van der Waals surface area contributed by atoms with Crippen molar-refractivity contribution in [3.05, 3.63) is 34.9 Å². The van der Waals surface area contributed by atoms with Crippen LogP contribution in [0.4, 0.5) is 0 Å². The Morgan fingerprint density at radius 2 is 2.08 bits per heavy atom. The second-order valence-corrected chi connectivity index (χ2v) is 2.95. The third kappa shape index (κ3) is 2.06. The molecule has 0 amide bonds. The zero-order valence-corrected chi connectivity index (χ0v) is 7.80. The lowest BCUT2D eigenvalue weighted by Gasteiger charge is -2.07. The quantitative estimate of drug-likeness (QED) is 0.475. The minimum absolute atomic E-state index is 0.110. The third-order valence-electron chi connectivity index (χ3n) is 2.12. The van der Waals surface area contributed by atoms with E-state index in [9.17, 15) is 0 Å². The standard InChI is InChI=1S/C10H15N3/c1-2-7-5-8(10(12)13)3-4-9(7)6-11/h3-5H,2,6,11H2,1H3,(H3,12,13). The van der Waals surface area contributed by atoms with Crippen LogP contribution in [0.1, 0.15) is 23.6 Å². The summed E-state index contributed by atoms with van der Waals surface area (Å²) in [4.78, 5) is 0. The Balaban J connectivity index is 3.13. The van der Waals surface area contributed by atoms with Gasteiger partial charge in [-0.3, -0.25) is 5.41 Å². The fraction of sp³-hybridized carbons (Fsp3) is 0.300. The highest BCUT2D eigenvalue weighted by atomic mass is 14.7. The average Bonchev–Trinajstić information content (AvgIpc) is 2.16. The van der Waals surface area contributed by atoms with Gasteiger partial charge in [0.1, 0.15) is 5.84 Å². The summed E-state index contributed by atoms with van der Waals surface area (Å²) in [5, 5.41) is 7.28. The van der Waals surface area contributed by atoms with E-state index in [-0.39, 0.29) is 5.84 Å². The van der Waals surface area contributed by atoms with E-state index in [4.69, 9.17) is 16.9 Å². The first kappa shape index (κ1) is 9.74. The number of nitrogens with two attached hydrogens (primary N) is 2. The third-order valence-corrected chi connectivity index (χ3v) is 2.12. The van der Waals surface area contributed by atoms with E-state index in [2.05, 4.69) is 6.92 Å². The molecule has 0 fully saturated rings. The van der Waals surface area contributed by atoms with Crippen molar-refractivity contribution in [3.63, 3.8) is 0 Å². The first-order chi connectivity index (χ1) is 6.19. The predicted molar refractivity (Wildman–Crippen MR) is 54.7 cm³/mol. The van der Waals surface area contributed by atoms with Gasteiger partial charge >= 0.3 is 0 Å². The molecule has 0 spiro atoms. The molecular formula is C10H15N3. The van der Waals surface area contributed by atoms with Crippen LogP contribution in [-0.4, -0.2) is 5.84 Å². The lowest BCUT2D eigenvalue weighted by molar-refractivity contribution is 1.00. The molecule has 0 aliphatic carbocycles. The SMILES string of the molecule is CCc1cc(C(=N)N)ccc1CN. The Hall–Kier alpha value is -1.35. The van der Waals surface area contributed by atoms with E-state index in [0.29, 0.717) is 6.54 Å². The van der Waals surface area contributed by atoms with E-state index in [1.54, 1.807) is 0 Å². The van der Waals surface area contributed by atoms with Crippen molar-refractivity contribution in [1.29, 1.82) is 5.41 Å². The van der Waals surface area contributed by atoms with Crippen LogP contribution < -0.4 is 11.5 Å². The first-order valence-electron chi connectivity index (χ1n) is 4.35. The van der Waals surface area contributed by atoms with E-state index in [0.717, 1.165) is 17.5 Å². The molecule has 3 heteroatoms. The van der Waals surface area contributed by atoms with Gasteiger partial charge in [-0.15, -0.1) is 0 Å². The van der Waals surface area contributed by atoms with Crippen molar-refractivity contribution < 1.29 is 0 Å². The van der Waals surface area contributed by atoms with Crippen LogP contribution in [0.15, 0.2) is 18.2 Å². The number of rotatable bonds is 3. The van der Waals surface area contributed by atoms with Gasteiger partial charge in [0.05, 0.1) is 0 Å². The molecule has 1 aromatic carbocycles. The number of nitrogens with one attached hydrogen (secondary N) is 1. The largest absolute Gasteiger partial charge is 0.384 e. The minimum Gasteiger partial charge on any atom is -0.384 e. The zero-order valence-electron chi connectivity index (χ0n) is 7.80. The fourth-order valence-electron chi connectivity index (χ4n) is 1.32. The van der Waals surface area contributed by atoms with Crippen LogP contribution in [0.5, 0.6) is 0 Å². The number of aryl methyl sites for hydroxylation is 1. The molecule has 70 valence electrons. The van der Waals surface area contributed by atoms with Gasteiger partial charge in [-0.1, -0.05) is 19.1 Å². The molecule has 0 saturated carbocycles. The Labute approximate surface area is 78.3 Å². The van der Waals surface area contributed by atoms with Gasteiger partial charge in [-0.25, -0.2) is 0 Å². The normalized spacial score (nSPS) is 10.0. The monoisotopic (exact) mass is 177 g/mol. The summed E-state index contributed by atoms with van der Waals surface area (Å²) < 4.78 is 0. The lowest BCUT2D eigenvalue weighted by Crippen LogP contribution is -2.12. The molecule has 0 radical (unpaired) electrons. The molecule has 0 aliphatic heterocycles. The van der Waals surface area contributed by atoms with Crippen LogP contribution >= 0.6 is 0 Å². The van der Waals surface area contributed by atoms with Crippen molar-refractivity contribution in [2.75, 3.05) is 0 Å². The van der Waals surface area contributed by atoms with Crippen LogP contribution in [0.25, 0.3) is 0 Å². The van der Waals surface area contributed by atoms with E-state index < -0.39 is 0 Å². The molecule has 0 bridgehead atoms. The van der Waals surface area contributed by atoms with Crippen molar-refractivity contribution in [2.45, 2.75) is 19.9 Å². The molecule has 0 unspecified atom stereocenters. The summed E-state index contributed by atoms with van der Waals surface area (Å²) in [5.74, 6) is 0.110. The highest BCUT2D eigenvalue weighted by Gasteiger charge is 2.02. The molecule has 0 atom stereocenters. The Morgan fingerprint density at radius 1 is 1.38 bits per heavy atom. The number of hydrogen-bond donors (Lipinski definition) is 3. The highest BCUT2D eigenvalue weighted by Crippen LogP contribution is 2.11. The van der Waals surface area contributed by atoms with E-state index in [1.807, 2.05) is 18.2 Å². The van der Waals surface area contributed by atoms with Crippen LogP contribution in [0, 0.1) is 5.41 Å². The Morgan fingerprint density at radius 3 is 2.54 bits per heavy atom. The van der Waals surface area contributed by atoms with E-state index in [1.165, 1.54) is 5.56 Å². The van der Waals surface area contributed by atoms with Crippen molar-refractivity contribution in [1.82, 2.24) is 0 Å². The predicted octanol–water partition coefficient (Wildman–Crippen LogP) is 0.992. The molecule has 0 heterocycles. The highest BCUT2D eigenvalue weighted by molar-refractivity contribution is 5.95. The number of nitrogen functional groups attached to an aromatic ring is 1. The zero-order chi connectivity index (χ0) is 9.84. The van der Waals surface area contributed by atoms with Gasteiger partial charge in [-0.05, 0) is 23.6 Å². The topological polar surface area (TPSA) is 75.9 Å². The molecule has 0 aliphatic rings. The smallest absolute Gasteiger partial charge is 0.122 e. The van der Waals surface area contributed by atoms with Crippen molar-refractivity contribution >= 4 is 5.84 Å². The molecular weight excluding hydrogens is 162 g/mol. The number of benzene rings is 1. The van der Waals surface area contributed by atoms with Gasteiger partial charge in [0.25, 0.3) is 0 Å².